The molecule has 2 heterocycles. The van der Waals surface area contributed by atoms with Crippen LogP contribution in [0.1, 0.15) is 12.5 Å². The Hall–Kier alpha value is -3.68. The van der Waals surface area contributed by atoms with Gasteiger partial charge in [-0.3, -0.25) is 4.98 Å². The fourth-order valence-electron chi connectivity index (χ4n) is 2.39. The maximum atomic E-state index is 5.90. The Bertz CT molecular complexity index is 989. The minimum absolute atomic E-state index is 0.247. The fraction of sp³-hybridized carbons (Fsp3) is 0.111. The molecule has 0 aliphatic rings. The summed E-state index contributed by atoms with van der Waals surface area (Å²) < 4.78 is 0. The van der Waals surface area contributed by atoms with E-state index in [9.17, 15) is 0 Å². The number of hydrogen-bond acceptors (Lipinski definition) is 7. The highest BCUT2D eigenvalue weighted by molar-refractivity contribution is 5.93. The zero-order valence-electron chi connectivity index (χ0n) is 14.3. The molecule has 3 rings (SSSR count). The Morgan fingerprint density at radius 1 is 1.23 bits per heavy atom. The molecular weight excluding hydrogens is 328 g/mol. The van der Waals surface area contributed by atoms with Crippen LogP contribution in [-0.4, -0.2) is 20.8 Å². The third-order valence-corrected chi connectivity index (χ3v) is 3.53. The van der Waals surface area contributed by atoms with Gasteiger partial charge in [-0.15, -0.1) is 0 Å². The number of aromatic nitrogens is 3. The van der Waals surface area contributed by atoms with E-state index in [0.29, 0.717) is 23.9 Å². The second-order valence-electron chi connectivity index (χ2n) is 5.77. The number of pyridine rings is 1. The van der Waals surface area contributed by atoms with Gasteiger partial charge in [0, 0.05) is 23.8 Å². The number of nitrogen functional groups attached to an aromatic ring is 1. The van der Waals surface area contributed by atoms with Crippen LogP contribution < -0.4 is 22.5 Å². The summed E-state index contributed by atoms with van der Waals surface area (Å²) >= 11 is 0. The first-order chi connectivity index (χ1) is 12.5. The number of anilines is 2. The van der Waals surface area contributed by atoms with E-state index in [1.165, 1.54) is 6.20 Å². The van der Waals surface area contributed by atoms with Crippen molar-refractivity contribution in [1.82, 2.24) is 15.0 Å². The number of nitrogens with zero attached hydrogens (tertiary/aromatic N) is 4. The first kappa shape index (κ1) is 17.2. The van der Waals surface area contributed by atoms with Gasteiger partial charge < -0.3 is 22.5 Å². The normalized spacial score (nSPS) is 12.3. The van der Waals surface area contributed by atoms with Crippen molar-refractivity contribution in [2.75, 3.05) is 11.1 Å². The lowest BCUT2D eigenvalue weighted by Crippen LogP contribution is -2.11. The molecule has 26 heavy (non-hydrogen) atoms. The Labute approximate surface area is 150 Å². The molecule has 0 bridgehead atoms. The van der Waals surface area contributed by atoms with Gasteiger partial charge >= 0.3 is 0 Å². The number of benzene rings is 1. The molecule has 8 heteroatoms. The molecule has 0 saturated heterocycles. The van der Waals surface area contributed by atoms with Crippen molar-refractivity contribution in [3.63, 3.8) is 0 Å². The van der Waals surface area contributed by atoms with Crippen molar-refractivity contribution in [2.45, 2.75) is 13.5 Å². The van der Waals surface area contributed by atoms with Gasteiger partial charge in [0.1, 0.15) is 5.84 Å². The van der Waals surface area contributed by atoms with Crippen LogP contribution in [0.2, 0.25) is 0 Å². The molecule has 8 nitrogen and oxygen atoms in total. The monoisotopic (exact) mass is 348 g/mol. The van der Waals surface area contributed by atoms with Crippen LogP contribution in [0.25, 0.3) is 10.9 Å². The van der Waals surface area contributed by atoms with Gasteiger partial charge in [0.25, 0.3) is 0 Å². The summed E-state index contributed by atoms with van der Waals surface area (Å²) in [5.41, 5.74) is 19.8. The van der Waals surface area contributed by atoms with Crippen LogP contribution in [0.5, 0.6) is 0 Å². The molecule has 7 N–H and O–H groups in total. The third kappa shape index (κ3) is 4.23. The Balaban J connectivity index is 1.78. The summed E-state index contributed by atoms with van der Waals surface area (Å²) in [6.45, 7) is 2.26. The Morgan fingerprint density at radius 3 is 2.88 bits per heavy atom. The topological polar surface area (TPSA) is 141 Å². The average Bonchev–Trinajstić information content (AvgIpc) is 2.61. The number of amidine groups is 1. The van der Waals surface area contributed by atoms with Gasteiger partial charge in [0.05, 0.1) is 11.7 Å². The SMILES string of the molecule is C/C(N)=C/C(N)=N\c1cnc(N)c(NCc2ccc3ncccc3c2)n1. The van der Waals surface area contributed by atoms with Crippen molar-refractivity contribution in [2.24, 2.45) is 16.5 Å². The summed E-state index contributed by atoms with van der Waals surface area (Å²) in [6.07, 6.45) is 4.78. The molecule has 0 spiro atoms. The molecule has 2 aromatic heterocycles. The summed E-state index contributed by atoms with van der Waals surface area (Å²) in [4.78, 5) is 16.9. The van der Waals surface area contributed by atoms with Crippen molar-refractivity contribution in [3.8, 4) is 0 Å². The molecule has 3 aromatic rings. The first-order valence-corrected chi connectivity index (χ1v) is 7.99. The van der Waals surface area contributed by atoms with E-state index < -0.39 is 0 Å². The lowest BCUT2D eigenvalue weighted by Gasteiger charge is -2.09. The highest BCUT2D eigenvalue weighted by Gasteiger charge is 2.05. The zero-order valence-corrected chi connectivity index (χ0v) is 14.3. The van der Waals surface area contributed by atoms with E-state index in [-0.39, 0.29) is 11.7 Å². The largest absolute Gasteiger partial charge is 0.402 e. The average molecular weight is 348 g/mol. The zero-order chi connectivity index (χ0) is 18.5. The minimum atomic E-state index is 0.247. The van der Waals surface area contributed by atoms with Crippen LogP contribution in [0, 0.1) is 0 Å². The molecule has 0 aliphatic carbocycles. The van der Waals surface area contributed by atoms with Gasteiger partial charge in [-0.2, -0.15) is 0 Å². The first-order valence-electron chi connectivity index (χ1n) is 7.99. The van der Waals surface area contributed by atoms with Gasteiger partial charge in [-0.05, 0) is 36.8 Å². The summed E-state index contributed by atoms with van der Waals surface area (Å²) in [5, 5.41) is 4.25. The second-order valence-corrected chi connectivity index (χ2v) is 5.77. The highest BCUT2D eigenvalue weighted by Crippen LogP contribution is 2.19. The number of allylic oxidation sites excluding steroid dienone is 1. The molecule has 0 fully saturated rings. The predicted molar refractivity (Wildman–Crippen MR) is 105 cm³/mol. The van der Waals surface area contributed by atoms with Crippen molar-refractivity contribution in [1.29, 1.82) is 0 Å². The van der Waals surface area contributed by atoms with Gasteiger partial charge in [0.2, 0.25) is 0 Å². The third-order valence-electron chi connectivity index (χ3n) is 3.53. The van der Waals surface area contributed by atoms with E-state index in [1.807, 2.05) is 24.3 Å². The molecule has 0 amide bonds. The van der Waals surface area contributed by atoms with Crippen LogP contribution in [0.15, 0.2) is 59.5 Å². The molecule has 0 aliphatic heterocycles. The van der Waals surface area contributed by atoms with Crippen LogP contribution in [0.4, 0.5) is 17.5 Å². The summed E-state index contributed by atoms with van der Waals surface area (Å²) in [6, 6.07) is 9.97. The smallest absolute Gasteiger partial charge is 0.175 e. The summed E-state index contributed by atoms with van der Waals surface area (Å²) in [5.74, 6) is 1.32. The maximum absolute atomic E-state index is 5.90. The van der Waals surface area contributed by atoms with Gasteiger partial charge in [0.15, 0.2) is 17.5 Å². The van der Waals surface area contributed by atoms with Crippen molar-refractivity contribution in [3.05, 3.63) is 60.1 Å². The standard InChI is InChI=1S/C18H20N8/c1-11(19)7-15(20)25-16-10-23-17(21)18(26-16)24-9-12-4-5-14-13(8-12)3-2-6-22-14/h2-8,10H,9,19H2,1H3,(H2,21,23)(H3,20,24,25,26)/b11-7-. The lowest BCUT2D eigenvalue weighted by atomic mass is 10.1. The lowest BCUT2D eigenvalue weighted by molar-refractivity contribution is 1.09. The molecule has 1 aromatic carbocycles. The number of rotatable bonds is 5. The van der Waals surface area contributed by atoms with E-state index in [0.717, 1.165) is 16.5 Å². The molecule has 132 valence electrons. The number of aliphatic imine (C=N–C) groups is 1. The van der Waals surface area contributed by atoms with E-state index in [4.69, 9.17) is 17.2 Å². The molecule has 0 unspecified atom stereocenters. The number of nitrogens with one attached hydrogen (secondary N) is 1. The fourth-order valence-corrected chi connectivity index (χ4v) is 2.39. The quantitative estimate of drug-likeness (QED) is 0.408. The van der Waals surface area contributed by atoms with Crippen LogP contribution in [0.3, 0.4) is 0 Å². The van der Waals surface area contributed by atoms with Crippen LogP contribution in [-0.2, 0) is 6.54 Å². The van der Waals surface area contributed by atoms with E-state index in [1.54, 1.807) is 19.2 Å². The molecule has 0 saturated carbocycles. The van der Waals surface area contributed by atoms with Crippen molar-refractivity contribution < 1.29 is 0 Å². The van der Waals surface area contributed by atoms with Crippen molar-refractivity contribution >= 4 is 34.2 Å². The van der Waals surface area contributed by atoms with E-state index in [2.05, 4.69) is 31.3 Å². The Morgan fingerprint density at radius 2 is 2.08 bits per heavy atom. The maximum Gasteiger partial charge on any atom is 0.175 e. The van der Waals surface area contributed by atoms with Crippen LogP contribution >= 0.6 is 0 Å². The molecular formula is C18H20N8. The van der Waals surface area contributed by atoms with E-state index >= 15 is 0 Å². The van der Waals surface area contributed by atoms with Gasteiger partial charge in [-0.1, -0.05) is 12.1 Å². The van der Waals surface area contributed by atoms with Gasteiger partial charge in [-0.25, -0.2) is 15.0 Å². The number of hydrogen-bond donors (Lipinski definition) is 4. The predicted octanol–water partition coefficient (Wildman–Crippen LogP) is 2.07. The summed E-state index contributed by atoms with van der Waals surface area (Å²) in [7, 11) is 0. The molecule has 0 radical (unpaired) electrons. The second kappa shape index (κ2) is 7.47. The minimum Gasteiger partial charge on any atom is -0.402 e. The molecule has 0 atom stereocenters. The Kier molecular flexibility index (Phi) is 4.93. The number of nitrogens with two attached hydrogens (primary N) is 3. The number of fused-ring (bicyclic) bond motifs is 1. The highest BCUT2D eigenvalue weighted by atomic mass is 15.1.